The third-order valence-electron chi connectivity index (χ3n) is 5.84. The van der Waals surface area contributed by atoms with Crippen molar-refractivity contribution >= 4 is 11.8 Å². The van der Waals surface area contributed by atoms with Gasteiger partial charge in [0, 0.05) is 5.92 Å². The number of carbonyl (C=O) groups excluding carboxylic acids is 2. The molecule has 0 radical (unpaired) electrons. The van der Waals surface area contributed by atoms with Gasteiger partial charge in [0.15, 0.2) is 0 Å². The molecule has 2 amide bonds. The third-order valence-corrected chi connectivity index (χ3v) is 5.84. The summed E-state index contributed by atoms with van der Waals surface area (Å²) in [6.45, 7) is 8.31. The zero-order valence-corrected chi connectivity index (χ0v) is 16.6. The fourth-order valence-electron chi connectivity index (χ4n) is 3.62. The first-order valence-corrected chi connectivity index (χ1v) is 10.1. The van der Waals surface area contributed by atoms with E-state index in [9.17, 15) is 9.59 Å². The molecule has 1 aromatic carbocycles. The van der Waals surface area contributed by atoms with Crippen molar-refractivity contribution in [2.75, 3.05) is 0 Å². The highest BCUT2D eigenvalue weighted by molar-refractivity contribution is 5.89. The lowest BCUT2D eigenvalue weighted by Crippen LogP contribution is -2.52. The molecule has 4 heteroatoms. The van der Waals surface area contributed by atoms with Crippen molar-refractivity contribution in [1.82, 2.24) is 10.6 Å². The monoisotopic (exact) mass is 358 g/mol. The molecule has 1 fully saturated rings. The Morgan fingerprint density at radius 1 is 1.04 bits per heavy atom. The second-order valence-electron chi connectivity index (χ2n) is 7.97. The highest BCUT2D eigenvalue weighted by atomic mass is 16.2. The Kier molecular flexibility index (Phi) is 7.67. The molecule has 0 aliphatic heterocycles. The smallest absolute Gasteiger partial charge is 0.243 e. The molecule has 0 unspecified atom stereocenters. The van der Waals surface area contributed by atoms with Crippen LogP contribution in [0.25, 0.3) is 0 Å². The molecule has 0 heterocycles. The van der Waals surface area contributed by atoms with Crippen LogP contribution in [0.5, 0.6) is 0 Å². The molecule has 3 atom stereocenters. The van der Waals surface area contributed by atoms with E-state index in [0.29, 0.717) is 5.92 Å². The van der Waals surface area contributed by atoms with E-state index in [1.54, 1.807) is 0 Å². The van der Waals surface area contributed by atoms with E-state index >= 15 is 0 Å². The molecular weight excluding hydrogens is 324 g/mol. The third kappa shape index (κ3) is 5.58. The summed E-state index contributed by atoms with van der Waals surface area (Å²) in [5.74, 6) is 0.818. The van der Waals surface area contributed by atoms with Crippen molar-refractivity contribution < 1.29 is 9.59 Å². The standard InChI is InChI=1S/C22H34N2O2/c1-5-16(3)20(24-21(25)19-13-11-15(2)12-14-19)22(26)23-17(4)18-9-7-6-8-10-18/h6-10,15-17,19-20H,5,11-14H2,1-4H3,(H,23,26)(H,24,25)/t15?,16-,17-,19?,20-/m0/s1. The van der Waals surface area contributed by atoms with Gasteiger partial charge in [0.1, 0.15) is 6.04 Å². The summed E-state index contributed by atoms with van der Waals surface area (Å²) >= 11 is 0. The molecule has 1 saturated carbocycles. The first-order valence-electron chi connectivity index (χ1n) is 10.1. The molecule has 0 aromatic heterocycles. The minimum atomic E-state index is -0.474. The van der Waals surface area contributed by atoms with E-state index in [2.05, 4.69) is 24.5 Å². The molecule has 26 heavy (non-hydrogen) atoms. The first-order chi connectivity index (χ1) is 12.4. The molecule has 2 rings (SSSR count). The van der Waals surface area contributed by atoms with Gasteiger partial charge in [-0.1, -0.05) is 57.5 Å². The van der Waals surface area contributed by atoms with Crippen LogP contribution in [-0.2, 0) is 9.59 Å². The van der Waals surface area contributed by atoms with Gasteiger partial charge < -0.3 is 10.6 Å². The molecule has 0 saturated heterocycles. The molecule has 1 aliphatic carbocycles. The van der Waals surface area contributed by atoms with Crippen LogP contribution in [0, 0.1) is 17.8 Å². The van der Waals surface area contributed by atoms with E-state index < -0.39 is 6.04 Å². The number of hydrogen-bond donors (Lipinski definition) is 2. The normalized spacial score (nSPS) is 23.5. The molecule has 144 valence electrons. The zero-order valence-electron chi connectivity index (χ0n) is 16.6. The van der Waals surface area contributed by atoms with Crippen molar-refractivity contribution in [1.29, 1.82) is 0 Å². The predicted octanol–water partition coefficient (Wildman–Crippen LogP) is 4.22. The van der Waals surface area contributed by atoms with Crippen LogP contribution < -0.4 is 10.6 Å². The van der Waals surface area contributed by atoms with Gasteiger partial charge >= 0.3 is 0 Å². The van der Waals surface area contributed by atoms with Gasteiger partial charge in [0.25, 0.3) is 0 Å². The highest BCUT2D eigenvalue weighted by Crippen LogP contribution is 2.28. The maximum absolute atomic E-state index is 12.9. The summed E-state index contributed by atoms with van der Waals surface area (Å²) in [7, 11) is 0. The Hall–Kier alpha value is -1.84. The van der Waals surface area contributed by atoms with Gasteiger partial charge in [-0.3, -0.25) is 9.59 Å². The largest absolute Gasteiger partial charge is 0.348 e. The number of rotatable bonds is 7. The van der Waals surface area contributed by atoms with Crippen LogP contribution in [0.2, 0.25) is 0 Å². The molecule has 1 aromatic rings. The maximum Gasteiger partial charge on any atom is 0.243 e. The Labute approximate surface area is 158 Å². The number of hydrogen-bond acceptors (Lipinski definition) is 2. The Morgan fingerprint density at radius 2 is 1.65 bits per heavy atom. The lowest BCUT2D eigenvalue weighted by molar-refractivity contribution is -0.133. The quantitative estimate of drug-likeness (QED) is 0.767. The zero-order chi connectivity index (χ0) is 19.1. The van der Waals surface area contributed by atoms with Gasteiger partial charge in [0.05, 0.1) is 6.04 Å². The van der Waals surface area contributed by atoms with Gasteiger partial charge in [-0.25, -0.2) is 0 Å². The predicted molar refractivity (Wildman–Crippen MR) is 106 cm³/mol. The van der Waals surface area contributed by atoms with E-state index in [4.69, 9.17) is 0 Å². The average molecular weight is 359 g/mol. The number of amides is 2. The van der Waals surface area contributed by atoms with Crippen molar-refractivity contribution in [3.05, 3.63) is 35.9 Å². The number of nitrogens with one attached hydrogen (secondary N) is 2. The molecule has 2 N–H and O–H groups in total. The summed E-state index contributed by atoms with van der Waals surface area (Å²) in [5, 5.41) is 6.13. The average Bonchev–Trinajstić information content (AvgIpc) is 2.66. The van der Waals surface area contributed by atoms with Crippen LogP contribution in [-0.4, -0.2) is 17.9 Å². The molecular formula is C22H34N2O2. The van der Waals surface area contributed by atoms with Crippen molar-refractivity contribution in [3.63, 3.8) is 0 Å². The molecule has 0 bridgehead atoms. The fourth-order valence-corrected chi connectivity index (χ4v) is 3.62. The summed E-state index contributed by atoms with van der Waals surface area (Å²) in [6.07, 6.45) is 4.91. The highest BCUT2D eigenvalue weighted by Gasteiger charge is 2.31. The van der Waals surface area contributed by atoms with Gasteiger partial charge in [-0.2, -0.15) is 0 Å². The maximum atomic E-state index is 12.9. The second-order valence-corrected chi connectivity index (χ2v) is 7.97. The minimum Gasteiger partial charge on any atom is -0.348 e. The van der Waals surface area contributed by atoms with Gasteiger partial charge in [-0.15, -0.1) is 0 Å². The summed E-state index contributed by atoms with van der Waals surface area (Å²) in [5.41, 5.74) is 1.07. The van der Waals surface area contributed by atoms with Crippen LogP contribution in [0.4, 0.5) is 0 Å². The second kappa shape index (κ2) is 9.75. The van der Waals surface area contributed by atoms with Crippen molar-refractivity contribution in [2.24, 2.45) is 17.8 Å². The van der Waals surface area contributed by atoms with Crippen molar-refractivity contribution in [2.45, 2.75) is 71.9 Å². The van der Waals surface area contributed by atoms with Crippen LogP contribution in [0.1, 0.15) is 71.4 Å². The Balaban J connectivity index is 1.99. The topological polar surface area (TPSA) is 58.2 Å². The summed E-state index contributed by atoms with van der Waals surface area (Å²) in [4.78, 5) is 25.6. The fraction of sp³-hybridized carbons (Fsp3) is 0.636. The first kappa shape index (κ1) is 20.5. The van der Waals surface area contributed by atoms with E-state index in [1.165, 1.54) is 0 Å². The van der Waals surface area contributed by atoms with Crippen molar-refractivity contribution in [3.8, 4) is 0 Å². The van der Waals surface area contributed by atoms with Gasteiger partial charge in [-0.05, 0) is 50.0 Å². The molecule has 4 nitrogen and oxygen atoms in total. The van der Waals surface area contributed by atoms with Gasteiger partial charge in [0.2, 0.25) is 11.8 Å². The SMILES string of the molecule is CC[C@H](C)[C@H](NC(=O)C1CCC(C)CC1)C(=O)N[C@@H](C)c1ccccc1. The van der Waals surface area contributed by atoms with E-state index in [1.807, 2.05) is 44.2 Å². The Bertz CT molecular complexity index is 579. The summed E-state index contributed by atoms with van der Waals surface area (Å²) < 4.78 is 0. The van der Waals surface area contributed by atoms with E-state index in [0.717, 1.165) is 37.7 Å². The van der Waals surface area contributed by atoms with Crippen LogP contribution >= 0.6 is 0 Å². The molecule has 0 spiro atoms. The summed E-state index contributed by atoms with van der Waals surface area (Å²) in [6, 6.07) is 9.35. The number of carbonyl (C=O) groups is 2. The van der Waals surface area contributed by atoms with Crippen LogP contribution in [0.3, 0.4) is 0 Å². The Morgan fingerprint density at radius 3 is 2.23 bits per heavy atom. The minimum absolute atomic E-state index is 0.0460. The molecule has 1 aliphatic rings. The lowest BCUT2D eigenvalue weighted by atomic mass is 9.82. The lowest BCUT2D eigenvalue weighted by Gasteiger charge is -2.30. The van der Waals surface area contributed by atoms with Crippen LogP contribution in [0.15, 0.2) is 30.3 Å². The van der Waals surface area contributed by atoms with E-state index in [-0.39, 0.29) is 29.7 Å². The number of benzene rings is 1.